The number of nitrogens with two attached hydrogens (primary N) is 1. The Hall–Kier alpha value is -1.07. The fourth-order valence-corrected chi connectivity index (χ4v) is 1.31. The third-order valence-corrected chi connectivity index (χ3v) is 2.05. The Balaban J connectivity index is 2.27. The Labute approximate surface area is 97.5 Å². The largest absolute Gasteiger partial charge is 0.397 e. The van der Waals surface area contributed by atoms with E-state index in [2.05, 4.69) is 5.32 Å². The van der Waals surface area contributed by atoms with E-state index < -0.39 is 13.0 Å². The quantitative estimate of drug-likeness (QED) is 0.603. The standard InChI is InChI=1S/C10H13ClF2N2O/c11-7-1-2-9(8(14)5-7)15-3-4-16-6-10(12)13/h1-2,5,10,15H,3-4,6,14H2. The molecule has 0 aromatic heterocycles. The van der Waals surface area contributed by atoms with Gasteiger partial charge >= 0.3 is 0 Å². The van der Waals surface area contributed by atoms with Gasteiger partial charge < -0.3 is 15.8 Å². The van der Waals surface area contributed by atoms with Crippen LogP contribution < -0.4 is 11.1 Å². The second-order valence-electron chi connectivity index (χ2n) is 3.12. The lowest BCUT2D eigenvalue weighted by atomic mass is 10.2. The number of rotatable bonds is 6. The van der Waals surface area contributed by atoms with E-state index in [1.165, 1.54) is 0 Å². The van der Waals surface area contributed by atoms with Crippen LogP contribution in [0, 0.1) is 0 Å². The highest BCUT2D eigenvalue weighted by Crippen LogP contribution is 2.22. The summed E-state index contributed by atoms with van der Waals surface area (Å²) in [6.07, 6.45) is -2.43. The summed E-state index contributed by atoms with van der Waals surface area (Å²) in [7, 11) is 0. The van der Waals surface area contributed by atoms with Crippen LogP contribution in [0.25, 0.3) is 0 Å². The Morgan fingerprint density at radius 1 is 1.44 bits per heavy atom. The van der Waals surface area contributed by atoms with Gasteiger partial charge in [0.1, 0.15) is 6.61 Å². The molecule has 0 saturated heterocycles. The number of ether oxygens (including phenoxy) is 1. The zero-order chi connectivity index (χ0) is 12.0. The molecular formula is C10H13ClF2N2O. The van der Waals surface area contributed by atoms with Crippen LogP contribution in [-0.2, 0) is 4.74 Å². The third-order valence-electron chi connectivity index (χ3n) is 1.82. The van der Waals surface area contributed by atoms with Crippen LogP contribution >= 0.6 is 11.6 Å². The van der Waals surface area contributed by atoms with Gasteiger partial charge in [-0.25, -0.2) is 8.78 Å². The molecule has 1 aromatic rings. The van der Waals surface area contributed by atoms with Crippen LogP contribution in [0.3, 0.4) is 0 Å². The predicted octanol–water partition coefficient (Wildman–Crippen LogP) is 2.62. The van der Waals surface area contributed by atoms with E-state index in [0.29, 0.717) is 22.9 Å². The van der Waals surface area contributed by atoms with Crippen molar-refractivity contribution < 1.29 is 13.5 Å². The van der Waals surface area contributed by atoms with E-state index in [4.69, 9.17) is 22.1 Å². The van der Waals surface area contributed by atoms with E-state index in [-0.39, 0.29) is 6.61 Å². The minimum Gasteiger partial charge on any atom is -0.397 e. The van der Waals surface area contributed by atoms with Crippen LogP contribution in [0.2, 0.25) is 5.02 Å². The van der Waals surface area contributed by atoms with Gasteiger partial charge in [-0.05, 0) is 18.2 Å². The lowest BCUT2D eigenvalue weighted by Gasteiger charge is -2.09. The average molecular weight is 251 g/mol. The molecule has 1 rings (SSSR count). The molecule has 0 atom stereocenters. The van der Waals surface area contributed by atoms with Gasteiger partial charge in [0.05, 0.1) is 18.0 Å². The summed E-state index contributed by atoms with van der Waals surface area (Å²) in [6.45, 7) is 0.0722. The van der Waals surface area contributed by atoms with Crippen LogP contribution in [0.5, 0.6) is 0 Å². The number of nitrogen functional groups attached to an aromatic ring is 1. The summed E-state index contributed by atoms with van der Waals surface area (Å²) in [6, 6.07) is 5.04. The molecule has 1 aromatic carbocycles. The van der Waals surface area contributed by atoms with Crippen LogP contribution in [0.4, 0.5) is 20.2 Å². The highest BCUT2D eigenvalue weighted by molar-refractivity contribution is 6.31. The molecule has 0 bridgehead atoms. The van der Waals surface area contributed by atoms with Crippen molar-refractivity contribution in [3.05, 3.63) is 23.2 Å². The molecule has 0 aliphatic carbocycles. The summed E-state index contributed by atoms with van der Waals surface area (Å²) >= 11 is 5.72. The first-order valence-corrected chi connectivity index (χ1v) is 5.12. The van der Waals surface area contributed by atoms with E-state index in [1.54, 1.807) is 18.2 Å². The Bertz CT molecular complexity index is 337. The molecule has 0 unspecified atom stereocenters. The highest BCUT2D eigenvalue weighted by Gasteiger charge is 2.02. The Morgan fingerprint density at radius 3 is 2.81 bits per heavy atom. The third kappa shape index (κ3) is 4.63. The van der Waals surface area contributed by atoms with Crippen molar-refractivity contribution in [3.8, 4) is 0 Å². The van der Waals surface area contributed by atoms with Gasteiger partial charge in [0.25, 0.3) is 6.43 Å². The second-order valence-corrected chi connectivity index (χ2v) is 3.56. The lowest BCUT2D eigenvalue weighted by molar-refractivity contribution is 0.0215. The molecule has 0 saturated carbocycles. The molecular weight excluding hydrogens is 238 g/mol. The molecule has 6 heteroatoms. The van der Waals surface area contributed by atoms with Crippen molar-refractivity contribution >= 4 is 23.0 Å². The zero-order valence-electron chi connectivity index (χ0n) is 8.55. The van der Waals surface area contributed by atoms with Crippen LogP contribution in [-0.4, -0.2) is 26.2 Å². The molecule has 0 heterocycles. The molecule has 16 heavy (non-hydrogen) atoms. The molecule has 90 valence electrons. The fourth-order valence-electron chi connectivity index (χ4n) is 1.12. The minimum absolute atomic E-state index is 0.201. The highest BCUT2D eigenvalue weighted by atomic mass is 35.5. The first-order chi connectivity index (χ1) is 7.59. The minimum atomic E-state index is -2.43. The summed E-state index contributed by atoms with van der Waals surface area (Å²) in [4.78, 5) is 0. The van der Waals surface area contributed by atoms with E-state index >= 15 is 0 Å². The van der Waals surface area contributed by atoms with Gasteiger partial charge in [0, 0.05) is 11.6 Å². The van der Waals surface area contributed by atoms with Gasteiger partial charge in [0.15, 0.2) is 0 Å². The lowest BCUT2D eigenvalue weighted by Crippen LogP contribution is -2.13. The molecule has 0 fully saturated rings. The molecule has 0 aliphatic heterocycles. The molecule has 3 nitrogen and oxygen atoms in total. The zero-order valence-corrected chi connectivity index (χ0v) is 9.31. The smallest absolute Gasteiger partial charge is 0.261 e. The summed E-state index contributed by atoms with van der Waals surface area (Å²) in [5, 5.41) is 3.51. The van der Waals surface area contributed by atoms with Crippen molar-refractivity contribution in [2.24, 2.45) is 0 Å². The number of hydrogen-bond acceptors (Lipinski definition) is 3. The number of hydrogen-bond donors (Lipinski definition) is 2. The normalized spacial score (nSPS) is 10.8. The molecule has 0 radical (unpaired) electrons. The number of benzene rings is 1. The number of alkyl halides is 2. The van der Waals surface area contributed by atoms with Gasteiger partial charge in [0.2, 0.25) is 0 Å². The van der Waals surface area contributed by atoms with Crippen LogP contribution in [0.1, 0.15) is 0 Å². The topological polar surface area (TPSA) is 47.3 Å². The van der Waals surface area contributed by atoms with Gasteiger partial charge in [-0.1, -0.05) is 11.6 Å². The molecule has 3 N–H and O–H groups in total. The van der Waals surface area contributed by atoms with Crippen molar-refractivity contribution in [2.75, 3.05) is 30.8 Å². The van der Waals surface area contributed by atoms with E-state index in [9.17, 15) is 8.78 Å². The predicted molar refractivity (Wildman–Crippen MR) is 61.2 cm³/mol. The van der Waals surface area contributed by atoms with Crippen LogP contribution in [0.15, 0.2) is 18.2 Å². The number of nitrogens with one attached hydrogen (secondary N) is 1. The maximum Gasteiger partial charge on any atom is 0.261 e. The maximum absolute atomic E-state index is 11.7. The van der Waals surface area contributed by atoms with E-state index in [0.717, 1.165) is 0 Å². The number of anilines is 2. The number of halogens is 3. The summed E-state index contributed by atoms with van der Waals surface area (Å²) < 4.78 is 28.1. The van der Waals surface area contributed by atoms with Crippen molar-refractivity contribution in [1.82, 2.24) is 0 Å². The molecule has 0 spiro atoms. The van der Waals surface area contributed by atoms with Crippen molar-refractivity contribution in [2.45, 2.75) is 6.43 Å². The van der Waals surface area contributed by atoms with Gasteiger partial charge in [-0.15, -0.1) is 0 Å². The van der Waals surface area contributed by atoms with Crippen molar-refractivity contribution in [1.29, 1.82) is 0 Å². The monoisotopic (exact) mass is 250 g/mol. The second kappa shape index (κ2) is 6.50. The van der Waals surface area contributed by atoms with Gasteiger partial charge in [-0.2, -0.15) is 0 Å². The molecule has 0 amide bonds. The summed E-state index contributed by atoms with van der Waals surface area (Å²) in [5.41, 5.74) is 6.90. The Morgan fingerprint density at radius 2 is 2.19 bits per heavy atom. The SMILES string of the molecule is Nc1cc(Cl)ccc1NCCOCC(F)F. The molecule has 0 aliphatic rings. The average Bonchev–Trinajstić information content (AvgIpc) is 2.20. The Kier molecular flexibility index (Phi) is 5.28. The van der Waals surface area contributed by atoms with Gasteiger partial charge in [-0.3, -0.25) is 0 Å². The summed E-state index contributed by atoms with van der Waals surface area (Å²) in [5.74, 6) is 0. The van der Waals surface area contributed by atoms with Crippen molar-refractivity contribution in [3.63, 3.8) is 0 Å². The first kappa shape index (κ1) is 13.0. The van der Waals surface area contributed by atoms with E-state index in [1.807, 2.05) is 0 Å². The first-order valence-electron chi connectivity index (χ1n) is 4.74. The fraction of sp³-hybridized carbons (Fsp3) is 0.400. The maximum atomic E-state index is 11.7.